The summed E-state index contributed by atoms with van der Waals surface area (Å²) in [5.41, 5.74) is 3.68. The Balaban J connectivity index is 1.58. The Morgan fingerprint density at radius 2 is 1.47 bits per heavy atom. The molecule has 0 saturated heterocycles. The molecule has 0 bridgehead atoms. The molecule has 0 aromatic heterocycles. The molecule has 7 nitrogen and oxygen atoms in total. The molecule has 1 atom stereocenters. The minimum Gasteiger partial charge on any atom is -0.352 e. The van der Waals surface area contributed by atoms with Crippen LogP contribution in [0.25, 0.3) is 0 Å². The van der Waals surface area contributed by atoms with Gasteiger partial charge < -0.3 is 10.2 Å². The Bertz CT molecular complexity index is 1780. The second-order valence-electron chi connectivity index (χ2n) is 12.2. The van der Waals surface area contributed by atoms with Crippen molar-refractivity contribution in [3.63, 3.8) is 0 Å². The number of sulfonamides is 1. The Labute approximate surface area is 283 Å². The zero-order valence-electron chi connectivity index (χ0n) is 26.9. The lowest BCUT2D eigenvalue weighted by atomic mass is 9.94. The number of hydrogen-bond acceptors (Lipinski definition) is 4. The molecule has 1 aliphatic carbocycles. The quantitative estimate of drug-likeness (QED) is 0.172. The van der Waals surface area contributed by atoms with Crippen molar-refractivity contribution < 1.29 is 18.0 Å². The van der Waals surface area contributed by atoms with Gasteiger partial charge in [-0.1, -0.05) is 104 Å². The van der Waals surface area contributed by atoms with Crippen molar-refractivity contribution in [2.24, 2.45) is 0 Å². The first kappa shape index (κ1) is 34.2. The first-order valence-electron chi connectivity index (χ1n) is 16.2. The summed E-state index contributed by atoms with van der Waals surface area (Å²) in [6.45, 7) is 3.33. The van der Waals surface area contributed by atoms with Crippen LogP contribution in [0.1, 0.15) is 54.4 Å². The third kappa shape index (κ3) is 8.62. The van der Waals surface area contributed by atoms with E-state index in [1.54, 1.807) is 48.5 Å². The van der Waals surface area contributed by atoms with E-state index < -0.39 is 28.5 Å². The molecule has 0 heterocycles. The number of carbonyl (C=O) groups excluding carboxylic acids is 2. The van der Waals surface area contributed by atoms with Crippen molar-refractivity contribution in [2.45, 2.75) is 75.9 Å². The van der Waals surface area contributed by atoms with Crippen LogP contribution in [-0.2, 0) is 32.6 Å². The smallest absolute Gasteiger partial charge is 0.264 e. The minimum absolute atomic E-state index is 0.0301. The number of nitrogens with zero attached hydrogens (tertiary/aromatic N) is 2. The second kappa shape index (κ2) is 15.6. The van der Waals surface area contributed by atoms with Crippen molar-refractivity contribution in [1.82, 2.24) is 10.2 Å². The maximum absolute atomic E-state index is 14.7. The van der Waals surface area contributed by atoms with E-state index >= 15 is 0 Å². The van der Waals surface area contributed by atoms with Crippen LogP contribution in [-0.4, -0.2) is 43.8 Å². The van der Waals surface area contributed by atoms with Gasteiger partial charge in [0.1, 0.15) is 12.6 Å². The molecule has 1 aliphatic rings. The third-order valence-electron chi connectivity index (χ3n) is 8.92. The van der Waals surface area contributed by atoms with Gasteiger partial charge in [0.25, 0.3) is 10.0 Å². The molecule has 1 saturated carbocycles. The van der Waals surface area contributed by atoms with E-state index in [9.17, 15) is 18.0 Å². The summed E-state index contributed by atoms with van der Waals surface area (Å²) < 4.78 is 29.7. The number of amides is 2. The Morgan fingerprint density at radius 1 is 0.830 bits per heavy atom. The van der Waals surface area contributed by atoms with Gasteiger partial charge in [0.05, 0.1) is 10.6 Å². The molecule has 47 heavy (non-hydrogen) atoms. The van der Waals surface area contributed by atoms with E-state index in [-0.39, 0.29) is 29.8 Å². The van der Waals surface area contributed by atoms with Crippen LogP contribution < -0.4 is 9.62 Å². The van der Waals surface area contributed by atoms with Gasteiger partial charge in [-0.2, -0.15) is 0 Å². The number of halogens is 1. The highest BCUT2D eigenvalue weighted by Crippen LogP contribution is 2.29. The number of anilines is 1. The SMILES string of the molecule is Cc1cccc(N(CC(=O)N(Cc2cccc(Cl)c2)[C@@H](Cc2ccccc2)C(=O)NC2CCCCC2)S(=O)(=O)c2ccccc2)c1C. The lowest BCUT2D eigenvalue weighted by molar-refractivity contribution is -0.140. The first-order valence-corrected chi connectivity index (χ1v) is 18.0. The van der Waals surface area contributed by atoms with Crippen LogP contribution in [0.15, 0.2) is 108 Å². The lowest BCUT2D eigenvalue weighted by Crippen LogP contribution is -2.55. The fraction of sp³-hybridized carbons (Fsp3) is 0.316. The average molecular weight is 672 g/mol. The number of hydrogen-bond donors (Lipinski definition) is 1. The van der Waals surface area contributed by atoms with Crippen LogP contribution in [0, 0.1) is 13.8 Å². The molecule has 246 valence electrons. The van der Waals surface area contributed by atoms with E-state index in [0.29, 0.717) is 10.7 Å². The largest absolute Gasteiger partial charge is 0.352 e. The number of benzene rings is 4. The van der Waals surface area contributed by atoms with Gasteiger partial charge in [0, 0.05) is 24.0 Å². The monoisotopic (exact) mass is 671 g/mol. The van der Waals surface area contributed by atoms with Gasteiger partial charge in [-0.15, -0.1) is 0 Å². The molecule has 9 heteroatoms. The maximum atomic E-state index is 14.7. The normalized spacial score (nSPS) is 14.3. The van der Waals surface area contributed by atoms with Gasteiger partial charge in [0.2, 0.25) is 11.8 Å². The van der Waals surface area contributed by atoms with Crippen LogP contribution in [0.2, 0.25) is 5.02 Å². The Kier molecular flexibility index (Phi) is 11.4. The fourth-order valence-electron chi connectivity index (χ4n) is 6.17. The molecule has 0 spiro atoms. The van der Waals surface area contributed by atoms with Crippen molar-refractivity contribution in [3.05, 3.63) is 130 Å². The van der Waals surface area contributed by atoms with E-state index in [4.69, 9.17) is 11.6 Å². The third-order valence-corrected chi connectivity index (χ3v) is 10.9. The van der Waals surface area contributed by atoms with Crippen molar-refractivity contribution >= 4 is 39.1 Å². The summed E-state index contributed by atoms with van der Waals surface area (Å²) in [6, 6.07) is 29.4. The standard InChI is InChI=1S/C38H42ClN3O4S/c1-28-14-12-23-35(29(28)2)42(47(45,46)34-21-10-5-11-22-34)27-37(43)41(26-31-17-13-18-32(39)24-31)36(25-30-15-6-3-7-16-30)38(44)40-33-19-8-4-9-20-33/h3,5-7,10-18,21-24,33,36H,4,8-9,19-20,25-27H2,1-2H3,(H,40,44)/t36-/m0/s1. The first-order chi connectivity index (χ1) is 22.6. The molecule has 4 aromatic carbocycles. The zero-order valence-corrected chi connectivity index (χ0v) is 28.5. The zero-order chi connectivity index (χ0) is 33.4. The number of nitrogens with one attached hydrogen (secondary N) is 1. The molecule has 1 N–H and O–H groups in total. The van der Waals surface area contributed by atoms with Crippen LogP contribution in [0.4, 0.5) is 5.69 Å². The van der Waals surface area contributed by atoms with E-state index in [1.165, 1.54) is 21.3 Å². The summed E-state index contributed by atoms with van der Waals surface area (Å²) >= 11 is 6.36. The molecule has 1 fully saturated rings. The summed E-state index contributed by atoms with van der Waals surface area (Å²) in [7, 11) is -4.16. The highest BCUT2D eigenvalue weighted by Gasteiger charge is 2.36. The maximum Gasteiger partial charge on any atom is 0.264 e. The lowest BCUT2D eigenvalue weighted by Gasteiger charge is -2.35. The van der Waals surface area contributed by atoms with Crippen molar-refractivity contribution in [2.75, 3.05) is 10.8 Å². The molecular formula is C38H42ClN3O4S. The van der Waals surface area contributed by atoms with Crippen molar-refractivity contribution in [1.29, 1.82) is 0 Å². The van der Waals surface area contributed by atoms with Crippen LogP contribution in [0.3, 0.4) is 0 Å². The second-order valence-corrected chi connectivity index (χ2v) is 14.5. The molecule has 0 unspecified atom stereocenters. The molecule has 0 aliphatic heterocycles. The van der Waals surface area contributed by atoms with E-state index in [1.807, 2.05) is 56.3 Å². The molecule has 2 amide bonds. The predicted octanol–water partition coefficient (Wildman–Crippen LogP) is 7.24. The van der Waals surface area contributed by atoms with Gasteiger partial charge in [-0.3, -0.25) is 13.9 Å². The molecule has 5 rings (SSSR count). The summed E-state index contributed by atoms with van der Waals surface area (Å²) in [5, 5.41) is 3.74. The Morgan fingerprint density at radius 3 is 2.15 bits per heavy atom. The summed E-state index contributed by atoms with van der Waals surface area (Å²) in [4.78, 5) is 30.6. The van der Waals surface area contributed by atoms with Crippen LogP contribution in [0.5, 0.6) is 0 Å². The van der Waals surface area contributed by atoms with E-state index in [2.05, 4.69) is 5.32 Å². The average Bonchev–Trinajstić information content (AvgIpc) is 3.08. The summed E-state index contributed by atoms with van der Waals surface area (Å²) in [5.74, 6) is -0.745. The highest BCUT2D eigenvalue weighted by atomic mass is 35.5. The van der Waals surface area contributed by atoms with E-state index in [0.717, 1.165) is 54.4 Å². The van der Waals surface area contributed by atoms with Gasteiger partial charge in [-0.05, 0) is 79.3 Å². The molecular weight excluding hydrogens is 630 g/mol. The van der Waals surface area contributed by atoms with Gasteiger partial charge in [0.15, 0.2) is 0 Å². The fourth-order valence-corrected chi connectivity index (χ4v) is 7.87. The molecule has 0 radical (unpaired) electrons. The van der Waals surface area contributed by atoms with Gasteiger partial charge >= 0.3 is 0 Å². The Hall–Kier alpha value is -4.14. The van der Waals surface area contributed by atoms with Gasteiger partial charge in [-0.25, -0.2) is 8.42 Å². The number of aryl methyl sites for hydroxylation is 1. The summed E-state index contributed by atoms with van der Waals surface area (Å²) in [6.07, 6.45) is 5.27. The topological polar surface area (TPSA) is 86.8 Å². The van der Waals surface area contributed by atoms with Crippen LogP contribution >= 0.6 is 11.6 Å². The predicted molar refractivity (Wildman–Crippen MR) is 188 cm³/mol. The molecule has 4 aromatic rings. The number of carbonyl (C=O) groups is 2. The minimum atomic E-state index is -4.16. The number of rotatable bonds is 12. The van der Waals surface area contributed by atoms with Crippen molar-refractivity contribution in [3.8, 4) is 0 Å². The highest BCUT2D eigenvalue weighted by molar-refractivity contribution is 7.92.